The molecule has 3 rings (SSSR count). The van der Waals surface area contributed by atoms with Gasteiger partial charge in [-0.2, -0.15) is 0 Å². The Kier molecular flexibility index (Phi) is 5.27. The number of aryl methyl sites for hydroxylation is 2. The summed E-state index contributed by atoms with van der Waals surface area (Å²) in [6.45, 7) is 3.76. The van der Waals surface area contributed by atoms with Crippen LogP contribution in [0.1, 0.15) is 43.0 Å². The molecule has 0 saturated heterocycles. The summed E-state index contributed by atoms with van der Waals surface area (Å²) in [7, 11) is 1.60. The lowest BCUT2D eigenvalue weighted by Gasteiger charge is -2.20. The number of nitrogens with one attached hydrogen (secondary N) is 1. The van der Waals surface area contributed by atoms with Gasteiger partial charge in [0.05, 0.1) is 13.2 Å². The van der Waals surface area contributed by atoms with Crippen LogP contribution in [-0.2, 0) is 17.6 Å². The van der Waals surface area contributed by atoms with E-state index in [9.17, 15) is 4.79 Å². The third-order valence-corrected chi connectivity index (χ3v) is 4.70. The second-order valence-electron chi connectivity index (χ2n) is 6.55. The highest BCUT2D eigenvalue weighted by molar-refractivity contribution is 5.81. The maximum Gasteiger partial charge on any atom is 0.261 e. The number of carbonyl (C=O) groups excluding carboxylic acids is 1. The van der Waals surface area contributed by atoms with Gasteiger partial charge in [0.2, 0.25) is 0 Å². The second-order valence-corrected chi connectivity index (χ2v) is 6.55. The van der Waals surface area contributed by atoms with Gasteiger partial charge < -0.3 is 14.8 Å². The number of hydrogen-bond donors (Lipinski definition) is 1. The minimum absolute atomic E-state index is 0.0465. The van der Waals surface area contributed by atoms with Gasteiger partial charge in [-0.15, -0.1) is 0 Å². The smallest absolute Gasteiger partial charge is 0.261 e. The molecule has 1 amide bonds. The van der Waals surface area contributed by atoms with Crippen LogP contribution in [-0.4, -0.2) is 19.1 Å². The molecule has 4 nitrogen and oxygen atoms in total. The zero-order chi connectivity index (χ0) is 17.8. The Hall–Kier alpha value is -2.49. The molecule has 2 unspecified atom stereocenters. The molecule has 0 aliphatic heterocycles. The SMILES string of the molecule is COc1cccc(OC(C)C(=O)NC(C)c2ccc3c(c2)CCC3)c1. The zero-order valence-corrected chi connectivity index (χ0v) is 15.0. The number of methoxy groups -OCH3 is 1. The van der Waals surface area contributed by atoms with Crippen molar-refractivity contribution in [3.05, 3.63) is 59.2 Å². The van der Waals surface area contributed by atoms with Gasteiger partial charge in [0.15, 0.2) is 6.10 Å². The maximum absolute atomic E-state index is 12.5. The van der Waals surface area contributed by atoms with Gasteiger partial charge in [-0.05, 0) is 61.9 Å². The average Bonchev–Trinajstić information content (AvgIpc) is 3.09. The first-order valence-corrected chi connectivity index (χ1v) is 8.79. The third kappa shape index (κ3) is 4.13. The van der Waals surface area contributed by atoms with E-state index < -0.39 is 6.10 Å². The summed E-state index contributed by atoms with van der Waals surface area (Å²) in [5.41, 5.74) is 4.00. The number of rotatable bonds is 6. The van der Waals surface area contributed by atoms with Gasteiger partial charge in [0, 0.05) is 6.07 Å². The molecule has 0 heterocycles. The van der Waals surface area contributed by atoms with E-state index in [-0.39, 0.29) is 11.9 Å². The van der Waals surface area contributed by atoms with E-state index >= 15 is 0 Å². The van der Waals surface area contributed by atoms with E-state index in [1.807, 2.05) is 25.1 Å². The second kappa shape index (κ2) is 7.60. The van der Waals surface area contributed by atoms with Gasteiger partial charge in [-0.25, -0.2) is 0 Å². The van der Waals surface area contributed by atoms with E-state index in [0.717, 1.165) is 12.0 Å². The van der Waals surface area contributed by atoms with Gasteiger partial charge in [0.1, 0.15) is 11.5 Å². The fourth-order valence-corrected chi connectivity index (χ4v) is 3.21. The first-order chi connectivity index (χ1) is 12.1. The van der Waals surface area contributed by atoms with E-state index in [0.29, 0.717) is 11.5 Å². The summed E-state index contributed by atoms with van der Waals surface area (Å²) in [4.78, 5) is 12.5. The summed E-state index contributed by atoms with van der Waals surface area (Å²) < 4.78 is 10.9. The van der Waals surface area contributed by atoms with E-state index in [1.165, 1.54) is 24.0 Å². The van der Waals surface area contributed by atoms with Crippen molar-refractivity contribution in [2.75, 3.05) is 7.11 Å². The molecule has 0 radical (unpaired) electrons. The molecule has 2 aromatic rings. The first-order valence-electron chi connectivity index (χ1n) is 8.79. The van der Waals surface area contributed by atoms with Crippen LogP contribution in [0.15, 0.2) is 42.5 Å². The van der Waals surface area contributed by atoms with Crippen LogP contribution in [0, 0.1) is 0 Å². The molecule has 4 heteroatoms. The zero-order valence-electron chi connectivity index (χ0n) is 15.0. The molecular formula is C21H25NO3. The van der Waals surface area contributed by atoms with Crippen LogP contribution in [0.3, 0.4) is 0 Å². The monoisotopic (exact) mass is 339 g/mol. The Morgan fingerprint density at radius 3 is 2.60 bits per heavy atom. The molecule has 0 bridgehead atoms. The van der Waals surface area contributed by atoms with Crippen LogP contribution in [0.4, 0.5) is 0 Å². The lowest BCUT2D eigenvalue weighted by molar-refractivity contribution is -0.127. The summed E-state index contributed by atoms with van der Waals surface area (Å²) in [5.74, 6) is 1.19. The maximum atomic E-state index is 12.5. The quantitative estimate of drug-likeness (QED) is 0.870. The predicted molar refractivity (Wildman–Crippen MR) is 98.1 cm³/mol. The average molecular weight is 339 g/mol. The summed E-state index contributed by atoms with van der Waals surface area (Å²) in [6.07, 6.45) is 2.95. The van der Waals surface area contributed by atoms with Gasteiger partial charge in [-0.1, -0.05) is 24.3 Å². The Labute approximate surface area is 149 Å². The van der Waals surface area contributed by atoms with Crippen molar-refractivity contribution in [3.63, 3.8) is 0 Å². The highest BCUT2D eigenvalue weighted by Gasteiger charge is 2.19. The summed E-state index contributed by atoms with van der Waals surface area (Å²) in [5, 5.41) is 3.04. The van der Waals surface area contributed by atoms with Crippen molar-refractivity contribution in [3.8, 4) is 11.5 Å². The van der Waals surface area contributed by atoms with E-state index in [2.05, 4.69) is 23.5 Å². The Morgan fingerprint density at radius 1 is 1.04 bits per heavy atom. The molecule has 1 aliphatic rings. The van der Waals surface area contributed by atoms with Gasteiger partial charge in [-0.3, -0.25) is 4.79 Å². The van der Waals surface area contributed by atoms with Gasteiger partial charge >= 0.3 is 0 Å². The van der Waals surface area contributed by atoms with Crippen molar-refractivity contribution >= 4 is 5.91 Å². The van der Waals surface area contributed by atoms with Crippen LogP contribution < -0.4 is 14.8 Å². The highest BCUT2D eigenvalue weighted by Crippen LogP contribution is 2.25. The normalized spacial score (nSPS) is 15.2. The van der Waals surface area contributed by atoms with Crippen molar-refractivity contribution in [1.29, 1.82) is 0 Å². The Balaban J connectivity index is 1.60. The number of benzene rings is 2. The number of hydrogen-bond acceptors (Lipinski definition) is 3. The summed E-state index contributed by atoms with van der Waals surface area (Å²) in [6, 6.07) is 13.7. The minimum atomic E-state index is -0.580. The van der Waals surface area contributed by atoms with Crippen molar-refractivity contribution < 1.29 is 14.3 Å². The minimum Gasteiger partial charge on any atom is -0.497 e. The van der Waals surface area contributed by atoms with E-state index in [4.69, 9.17) is 9.47 Å². The van der Waals surface area contributed by atoms with Crippen molar-refractivity contribution in [1.82, 2.24) is 5.32 Å². The number of carbonyl (C=O) groups is 1. The van der Waals surface area contributed by atoms with E-state index in [1.54, 1.807) is 20.1 Å². The molecular weight excluding hydrogens is 314 g/mol. The molecule has 0 aromatic heterocycles. The van der Waals surface area contributed by atoms with Crippen LogP contribution >= 0.6 is 0 Å². The van der Waals surface area contributed by atoms with Crippen molar-refractivity contribution in [2.45, 2.75) is 45.3 Å². The summed E-state index contributed by atoms with van der Waals surface area (Å²) >= 11 is 0. The molecule has 2 aromatic carbocycles. The molecule has 0 fully saturated rings. The fraction of sp³-hybridized carbons (Fsp3) is 0.381. The lowest BCUT2D eigenvalue weighted by Crippen LogP contribution is -2.37. The molecule has 132 valence electrons. The largest absolute Gasteiger partial charge is 0.497 e. The molecule has 1 aliphatic carbocycles. The number of ether oxygens (including phenoxy) is 2. The van der Waals surface area contributed by atoms with Crippen LogP contribution in [0.2, 0.25) is 0 Å². The van der Waals surface area contributed by atoms with Crippen molar-refractivity contribution in [2.24, 2.45) is 0 Å². The topological polar surface area (TPSA) is 47.6 Å². The molecule has 0 spiro atoms. The fourth-order valence-electron chi connectivity index (χ4n) is 3.21. The molecule has 25 heavy (non-hydrogen) atoms. The van der Waals surface area contributed by atoms with Crippen LogP contribution in [0.25, 0.3) is 0 Å². The molecule has 1 N–H and O–H groups in total. The lowest BCUT2D eigenvalue weighted by atomic mass is 10.0. The Bertz CT molecular complexity index is 757. The molecule has 2 atom stereocenters. The van der Waals surface area contributed by atoms with Gasteiger partial charge in [0.25, 0.3) is 5.91 Å². The number of fused-ring (bicyclic) bond motifs is 1. The third-order valence-electron chi connectivity index (χ3n) is 4.70. The standard InChI is InChI=1S/C21H25NO3/c1-14(17-11-10-16-6-4-7-18(16)12-17)22-21(23)15(2)25-20-9-5-8-19(13-20)24-3/h5,8-15H,4,6-7H2,1-3H3,(H,22,23). The predicted octanol–water partition coefficient (Wildman–Crippen LogP) is 3.83. The number of amides is 1. The highest BCUT2D eigenvalue weighted by atomic mass is 16.5. The Morgan fingerprint density at radius 2 is 1.80 bits per heavy atom. The first kappa shape index (κ1) is 17.3. The molecule has 0 saturated carbocycles. The van der Waals surface area contributed by atoms with Crippen LogP contribution in [0.5, 0.6) is 11.5 Å².